The van der Waals surface area contributed by atoms with Gasteiger partial charge in [-0.3, -0.25) is 4.98 Å². The summed E-state index contributed by atoms with van der Waals surface area (Å²) in [5, 5.41) is 0. The van der Waals surface area contributed by atoms with E-state index in [4.69, 9.17) is 0 Å². The second-order valence-corrected chi connectivity index (χ2v) is 3.63. The molecule has 2 aromatic rings. The summed E-state index contributed by atoms with van der Waals surface area (Å²) in [4.78, 5) is 4.25. The summed E-state index contributed by atoms with van der Waals surface area (Å²) in [6.45, 7) is 7.73. The Morgan fingerprint density at radius 1 is 1.00 bits per heavy atom. The van der Waals surface area contributed by atoms with Crippen LogP contribution in [0, 0.1) is 19.7 Å². The van der Waals surface area contributed by atoms with E-state index < -0.39 is 0 Å². The molecule has 0 unspecified atom stereocenters. The lowest BCUT2D eigenvalue weighted by atomic mass is 10.1. The monoisotopic (exact) mass is 231 g/mol. The van der Waals surface area contributed by atoms with Crippen molar-refractivity contribution in [2.75, 3.05) is 0 Å². The number of benzene rings is 1. The summed E-state index contributed by atoms with van der Waals surface area (Å²) >= 11 is 0. The Labute approximate surface area is 102 Å². The maximum absolute atomic E-state index is 13.4. The van der Waals surface area contributed by atoms with Crippen LogP contribution in [0.2, 0.25) is 0 Å². The largest absolute Gasteiger partial charge is 0.256 e. The van der Waals surface area contributed by atoms with Crippen LogP contribution in [-0.2, 0) is 0 Å². The Morgan fingerprint density at radius 3 is 2.29 bits per heavy atom. The Morgan fingerprint density at radius 2 is 1.71 bits per heavy atom. The molecule has 0 atom stereocenters. The topological polar surface area (TPSA) is 12.9 Å². The van der Waals surface area contributed by atoms with Crippen LogP contribution in [0.15, 0.2) is 36.5 Å². The average Bonchev–Trinajstić information content (AvgIpc) is 2.36. The molecule has 0 amide bonds. The Hall–Kier alpha value is -1.70. The number of rotatable bonds is 1. The molecule has 0 aliphatic heterocycles. The van der Waals surface area contributed by atoms with Crippen LogP contribution in [-0.4, -0.2) is 4.98 Å². The van der Waals surface area contributed by atoms with Gasteiger partial charge < -0.3 is 0 Å². The highest BCUT2D eigenvalue weighted by molar-refractivity contribution is 5.62. The summed E-state index contributed by atoms with van der Waals surface area (Å²) in [6.07, 6.45) is 1.72. The van der Waals surface area contributed by atoms with Crippen LogP contribution in [0.5, 0.6) is 0 Å². The number of pyridine rings is 1. The fraction of sp³-hybridized carbons (Fsp3) is 0.267. The number of hydrogen-bond donors (Lipinski definition) is 0. The van der Waals surface area contributed by atoms with Crippen molar-refractivity contribution >= 4 is 0 Å². The molecule has 1 aromatic carbocycles. The van der Waals surface area contributed by atoms with Crippen molar-refractivity contribution in [2.45, 2.75) is 27.7 Å². The highest BCUT2D eigenvalue weighted by atomic mass is 19.1. The summed E-state index contributed by atoms with van der Waals surface area (Å²) in [5.74, 6) is -0.183. The van der Waals surface area contributed by atoms with Gasteiger partial charge in [-0.15, -0.1) is 0 Å². The third-order valence-electron chi connectivity index (χ3n) is 2.45. The molecule has 0 fully saturated rings. The number of hydrogen-bond acceptors (Lipinski definition) is 1. The van der Waals surface area contributed by atoms with Crippen LogP contribution in [0.4, 0.5) is 4.39 Å². The van der Waals surface area contributed by atoms with Crippen molar-refractivity contribution in [3.8, 4) is 11.3 Å². The molecule has 0 N–H and O–H groups in total. The van der Waals surface area contributed by atoms with Gasteiger partial charge >= 0.3 is 0 Å². The molecule has 1 heterocycles. The lowest BCUT2D eigenvalue weighted by Gasteiger charge is -2.05. The number of aromatic nitrogens is 1. The lowest BCUT2D eigenvalue weighted by molar-refractivity contribution is 0.619. The third kappa shape index (κ3) is 3.13. The fourth-order valence-corrected chi connectivity index (χ4v) is 1.53. The van der Waals surface area contributed by atoms with Crippen LogP contribution < -0.4 is 0 Å². The predicted molar refractivity (Wildman–Crippen MR) is 70.5 cm³/mol. The Balaban J connectivity index is 0.000000686. The van der Waals surface area contributed by atoms with Gasteiger partial charge in [0.2, 0.25) is 0 Å². The van der Waals surface area contributed by atoms with E-state index in [1.807, 2.05) is 39.0 Å². The maximum Gasteiger partial charge on any atom is 0.126 e. The molecule has 0 spiro atoms. The normalized spacial score (nSPS) is 9.47. The highest BCUT2D eigenvalue weighted by Crippen LogP contribution is 2.22. The van der Waals surface area contributed by atoms with Gasteiger partial charge in [0.15, 0.2) is 0 Å². The minimum atomic E-state index is -0.183. The molecule has 90 valence electrons. The summed E-state index contributed by atoms with van der Waals surface area (Å²) in [7, 11) is 0. The molecule has 0 radical (unpaired) electrons. The lowest BCUT2D eigenvalue weighted by Crippen LogP contribution is -1.89. The Kier molecular flexibility index (Phi) is 4.83. The molecule has 1 nitrogen and oxygen atoms in total. The minimum absolute atomic E-state index is 0.183. The van der Waals surface area contributed by atoms with Gasteiger partial charge in [0, 0.05) is 11.8 Å². The second kappa shape index (κ2) is 6.14. The van der Waals surface area contributed by atoms with E-state index in [1.54, 1.807) is 19.2 Å². The molecule has 0 saturated carbocycles. The van der Waals surface area contributed by atoms with E-state index in [-0.39, 0.29) is 5.82 Å². The van der Waals surface area contributed by atoms with Gasteiger partial charge in [-0.05, 0) is 37.1 Å². The van der Waals surface area contributed by atoms with Crippen molar-refractivity contribution in [1.82, 2.24) is 4.98 Å². The first kappa shape index (κ1) is 13.4. The summed E-state index contributed by atoms with van der Waals surface area (Å²) in [5.41, 5.74) is 3.39. The second-order valence-electron chi connectivity index (χ2n) is 3.63. The van der Waals surface area contributed by atoms with Gasteiger partial charge in [-0.1, -0.05) is 32.0 Å². The van der Waals surface area contributed by atoms with E-state index in [2.05, 4.69) is 4.98 Å². The molecule has 0 aliphatic carbocycles. The number of halogens is 1. The van der Waals surface area contributed by atoms with E-state index in [9.17, 15) is 4.39 Å². The molecule has 0 bridgehead atoms. The highest BCUT2D eigenvalue weighted by Gasteiger charge is 2.04. The van der Waals surface area contributed by atoms with Crippen molar-refractivity contribution in [3.05, 3.63) is 53.5 Å². The average molecular weight is 231 g/mol. The van der Waals surface area contributed by atoms with E-state index >= 15 is 0 Å². The number of aryl methyl sites for hydroxylation is 2. The first-order valence-electron chi connectivity index (χ1n) is 5.86. The van der Waals surface area contributed by atoms with E-state index in [1.165, 1.54) is 6.07 Å². The zero-order valence-corrected chi connectivity index (χ0v) is 10.8. The fourth-order valence-electron chi connectivity index (χ4n) is 1.53. The molecular weight excluding hydrogens is 213 g/mol. The van der Waals surface area contributed by atoms with Gasteiger partial charge in [0.1, 0.15) is 5.82 Å². The molecule has 2 heteroatoms. The SMILES string of the molecule is CC.Cc1ccc(-c2ncccc2C)cc1F. The zero-order chi connectivity index (χ0) is 12.8. The van der Waals surface area contributed by atoms with Gasteiger partial charge in [0.05, 0.1) is 5.69 Å². The molecule has 17 heavy (non-hydrogen) atoms. The van der Waals surface area contributed by atoms with Gasteiger partial charge in [0.25, 0.3) is 0 Å². The van der Waals surface area contributed by atoms with Crippen LogP contribution in [0.25, 0.3) is 11.3 Å². The smallest absolute Gasteiger partial charge is 0.126 e. The quantitative estimate of drug-likeness (QED) is 0.702. The third-order valence-corrected chi connectivity index (χ3v) is 2.45. The van der Waals surface area contributed by atoms with Crippen LogP contribution in [0.3, 0.4) is 0 Å². The van der Waals surface area contributed by atoms with E-state index in [0.29, 0.717) is 5.56 Å². The molecule has 0 aliphatic rings. The molecular formula is C15H18FN. The van der Waals surface area contributed by atoms with Gasteiger partial charge in [-0.2, -0.15) is 0 Å². The standard InChI is InChI=1S/C13H12FN.C2H6/c1-9-5-6-11(8-12(9)14)13-10(2)4-3-7-15-13;1-2/h3-8H,1-2H3;1-2H3. The molecule has 1 aromatic heterocycles. The summed E-state index contributed by atoms with van der Waals surface area (Å²) in [6, 6.07) is 9.06. The first-order chi connectivity index (χ1) is 8.18. The zero-order valence-electron chi connectivity index (χ0n) is 10.8. The number of nitrogens with zero attached hydrogens (tertiary/aromatic N) is 1. The van der Waals surface area contributed by atoms with Crippen molar-refractivity contribution < 1.29 is 4.39 Å². The van der Waals surface area contributed by atoms with Crippen LogP contribution in [0.1, 0.15) is 25.0 Å². The maximum atomic E-state index is 13.4. The first-order valence-corrected chi connectivity index (χ1v) is 5.86. The van der Waals surface area contributed by atoms with E-state index in [0.717, 1.165) is 16.8 Å². The molecule has 0 saturated heterocycles. The molecule has 2 rings (SSSR count). The van der Waals surface area contributed by atoms with Gasteiger partial charge in [-0.25, -0.2) is 4.39 Å². The van der Waals surface area contributed by atoms with Crippen molar-refractivity contribution in [2.24, 2.45) is 0 Å². The predicted octanol–water partition coefficient (Wildman–Crippen LogP) is 4.53. The Bertz CT molecular complexity index is 492. The van der Waals surface area contributed by atoms with Crippen molar-refractivity contribution in [1.29, 1.82) is 0 Å². The summed E-state index contributed by atoms with van der Waals surface area (Å²) < 4.78 is 13.4. The van der Waals surface area contributed by atoms with Crippen LogP contribution >= 0.6 is 0 Å². The minimum Gasteiger partial charge on any atom is -0.256 e. The van der Waals surface area contributed by atoms with Crippen molar-refractivity contribution in [3.63, 3.8) is 0 Å².